The predicted molar refractivity (Wildman–Crippen MR) is 496 cm³/mol. The van der Waals surface area contributed by atoms with Gasteiger partial charge in [-0.15, -0.1) is 0 Å². The minimum absolute atomic E-state index is 0.00752. The lowest BCUT2D eigenvalue weighted by Gasteiger charge is -2.43. The third-order valence-electron chi connectivity index (χ3n) is 18.8. The Morgan fingerprint density at radius 3 is 0.837 bits per heavy atom. The van der Waals surface area contributed by atoms with Gasteiger partial charge in [-0.05, 0) is 123 Å². The summed E-state index contributed by atoms with van der Waals surface area (Å²) >= 11 is 0. The van der Waals surface area contributed by atoms with E-state index >= 15 is 0 Å². The summed E-state index contributed by atoms with van der Waals surface area (Å²) in [6, 6.07) is -0.839. The van der Waals surface area contributed by atoms with Gasteiger partial charge in [0, 0.05) is 90.8 Å². The van der Waals surface area contributed by atoms with Crippen LogP contribution >= 0.6 is 0 Å². The monoisotopic (exact) mass is 1730 g/mol. The largest absolute Gasteiger partial charge is 0.462 e. The van der Waals surface area contributed by atoms with Crippen molar-refractivity contribution in [2.45, 2.75) is 283 Å². The number of nitrogens with one attached hydrogen (secondary N) is 5. The van der Waals surface area contributed by atoms with E-state index in [0.717, 1.165) is 61.8 Å². The molecule has 700 valence electrons. The molecule has 123 heavy (non-hydrogen) atoms. The van der Waals surface area contributed by atoms with Crippen LogP contribution in [0.25, 0.3) is 0 Å². The predicted octanol–water partition coefficient (Wildman–Crippen LogP) is 18.0. The number of esters is 7. The molecule has 0 radical (unpaired) electrons. The minimum Gasteiger partial charge on any atom is -0.462 e. The molecule has 10 atom stereocenters. The van der Waals surface area contributed by atoms with Gasteiger partial charge in [-0.1, -0.05) is 287 Å². The Bertz CT molecular complexity index is 3280. The normalized spacial score (nSPS) is 14.3. The van der Waals surface area contributed by atoms with Crippen molar-refractivity contribution in [1.82, 2.24) is 26.6 Å². The standard InChI is InChI=1S/C22H37N3O3.C22H34O6.C19H32O4.C18H32N2O2.C18H30O4/c1-10-17(26)23-14-15(22(7,8)9)20(25-19(28)12-3)16(13-21(4,5)6)24-18(27)11-2;1-10-17(23)26-14-15(22(7,8)9)20(28-19(25)12-3)16(13-21(4,5)6)27-18(24)11-2;1-9-15(20)22-13-19(11-17(3,4)5,12-18(6,7)8)14-23-16(21)10-2;1-9-15(21)19-12-13(18(6,7)8)14(11-17(3,4)5)20-16(22)10-2;1-9-15(19)21-12-13(18(6,7)8)14(11-17(3,4)5)22-16(20)10-2/h10-12,15-16,20H,1-3,13-14H2,4-9H3,(H,23,26)(H,24,27)(H,25,28);10-12,15-16,20H,1-3,13-14H2,4-9H3;9-10H,1-2,11-14H2,3-8H3;9-10,13-14H,1-2,11-12H2,3-8H3,(H,19,21)(H,20,22);9-10,13-14H,1-2,11-12H2,3-8H3. The molecule has 0 saturated heterocycles. The molecule has 24 heteroatoms. The van der Waals surface area contributed by atoms with Crippen molar-refractivity contribution in [2.24, 2.45) is 83.2 Å². The molecule has 0 heterocycles. The zero-order valence-electron chi connectivity index (χ0n) is 81.4. The fraction of sp³-hybridized carbons (Fsp3) is 0.636. The molecule has 0 aromatic rings. The fourth-order valence-corrected chi connectivity index (χ4v) is 13.7. The summed E-state index contributed by atoms with van der Waals surface area (Å²) in [4.78, 5) is 141. The van der Waals surface area contributed by atoms with E-state index < -0.39 is 76.8 Å². The second-order valence-corrected chi connectivity index (χ2v) is 42.5. The highest BCUT2D eigenvalue weighted by Gasteiger charge is 2.46. The van der Waals surface area contributed by atoms with E-state index in [2.05, 4.69) is 230 Å². The van der Waals surface area contributed by atoms with Gasteiger partial charge in [-0.2, -0.15) is 0 Å². The number of carbonyl (C=O) groups excluding carboxylic acids is 12. The molecule has 0 saturated carbocycles. The number of rotatable bonds is 42. The van der Waals surface area contributed by atoms with E-state index in [4.69, 9.17) is 33.2 Å². The van der Waals surface area contributed by atoms with Crippen molar-refractivity contribution in [3.05, 3.63) is 152 Å². The average Bonchev–Trinajstić information content (AvgIpc) is 0.882. The van der Waals surface area contributed by atoms with E-state index in [0.29, 0.717) is 32.4 Å². The van der Waals surface area contributed by atoms with Crippen molar-refractivity contribution in [3.63, 3.8) is 0 Å². The first-order chi connectivity index (χ1) is 55.6. The highest BCUT2D eigenvalue weighted by atomic mass is 16.6. The maximum absolute atomic E-state index is 12.2. The molecule has 0 aromatic carbocycles. The summed E-state index contributed by atoms with van der Waals surface area (Å²) in [7, 11) is 0. The molecule has 10 unspecified atom stereocenters. The molecule has 5 amide bonds. The number of ether oxygens (including phenoxy) is 7. The van der Waals surface area contributed by atoms with Crippen LogP contribution < -0.4 is 26.6 Å². The fourth-order valence-electron chi connectivity index (χ4n) is 13.7. The Balaban J connectivity index is -0.000000474. The van der Waals surface area contributed by atoms with E-state index in [1.165, 1.54) is 30.4 Å². The Morgan fingerprint density at radius 2 is 0.537 bits per heavy atom. The summed E-state index contributed by atoms with van der Waals surface area (Å²) in [5.74, 6) is -5.68. The highest BCUT2D eigenvalue weighted by molar-refractivity contribution is 5.90. The lowest BCUT2D eigenvalue weighted by molar-refractivity contribution is -0.177. The van der Waals surface area contributed by atoms with Crippen LogP contribution in [0.4, 0.5) is 0 Å². The number of hydrogen-bond donors (Lipinski definition) is 5. The molecule has 0 fully saturated rings. The third-order valence-corrected chi connectivity index (χ3v) is 18.8. The van der Waals surface area contributed by atoms with Crippen molar-refractivity contribution in [1.29, 1.82) is 0 Å². The molecular formula is C99H165N5O19. The van der Waals surface area contributed by atoms with Gasteiger partial charge < -0.3 is 59.7 Å². The molecule has 0 rings (SSSR count). The summed E-state index contributed by atoms with van der Waals surface area (Å²) in [5.41, 5.74) is -1.76. The zero-order chi connectivity index (χ0) is 97.7. The summed E-state index contributed by atoms with van der Waals surface area (Å²) in [6.45, 7) is 105. The van der Waals surface area contributed by atoms with E-state index in [1.807, 2.05) is 83.1 Å². The second kappa shape index (κ2) is 55.7. The topological polar surface area (TPSA) is 330 Å². The lowest BCUT2D eigenvalue weighted by Crippen LogP contribution is -2.60. The molecule has 0 aliphatic rings. The van der Waals surface area contributed by atoms with Crippen LogP contribution in [0.15, 0.2) is 152 Å². The second-order valence-electron chi connectivity index (χ2n) is 42.5. The van der Waals surface area contributed by atoms with Crippen LogP contribution in [0.1, 0.15) is 246 Å². The van der Waals surface area contributed by atoms with Crippen LogP contribution in [0.2, 0.25) is 0 Å². The molecule has 0 aliphatic heterocycles. The van der Waals surface area contributed by atoms with Gasteiger partial charge in [-0.25, -0.2) is 33.6 Å². The van der Waals surface area contributed by atoms with Gasteiger partial charge >= 0.3 is 41.8 Å². The van der Waals surface area contributed by atoms with Crippen molar-refractivity contribution >= 4 is 71.3 Å². The quantitative estimate of drug-likeness (QED) is 0.0215. The van der Waals surface area contributed by atoms with Crippen molar-refractivity contribution < 1.29 is 90.7 Å². The number of hydrogen-bond acceptors (Lipinski definition) is 19. The van der Waals surface area contributed by atoms with E-state index in [-0.39, 0.29) is 141 Å². The zero-order valence-corrected chi connectivity index (χ0v) is 81.4. The van der Waals surface area contributed by atoms with Crippen LogP contribution in [-0.4, -0.2) is 147 Å². The maximum Gasteiger partial charge on any atom is 0.330 e. The van der Waals surface area contributed by atoms with Crippen LogP contribution in [0.3, 0.4) is 0 Å². The summed E-state index contributed by atoms with van der Waals surface area (Å²) in [5, 5.41) is 14.7. The SMILES string of the molecule is C=CC(=O)NCC(C(CC(C)(C)C)NC(=O)C=C)C(C)(C)C.C=CC(=O)NCC(C(NC(=O)C=C)C(CC(C)(C)C)NC(=O)C=C)C(C)(C)C.C=CC(=O)OCC(C(CC(C)(C)C)OC(=O)C=C)C(C)(C)C.C=CC(=O)OCC(C(OC(=O)C=C)C(CC(C)(C)C)OC(=O)C=C)C(C)(C)C.C=CC(=O)OCC(COC(=O)C=C)(CC(C)(C)C)CC(C)(C)C. The Labute approximate surface area is 742 Å². The van der Waals surface area contributed by atoms with Crippen LogP contribution in [0.5, 0.6) is 0 Å². The smallest absolute Gasteiger partial charge is 0.330 e. The highest BCUT2D eigenvalue weighted by Crippen LogP contribution is 2.44. The van der Waals surface area contributed by atoms with Crippen molar-refractivity contribution in [2.75, 3.05) is 39.5 Å². The molecule has 5 N–H and O–H groups in total. The van der Waals surface area contributed by atoms with Gasteiger partial charge in [0.1, 0.15) is 31.5 Å². The summed E-state index contributed by atoms with van der Waals surface area (Å²) in [6.07, 6.45) is 16.0. The number of carbonyl (C=O) groups is 12. The van der Waals surface area contributed by atoms with Gasteiger partial charge in [0.05, 0.1) is 25.3 Å². The van der Waals surface area contributed by atoms with Gasteiger partial charge in [0.15, 0.2) is 0 Å². The molecule has 24 nitrogen and oxygen atoms in total. The van der Waals surface area contributed by atoms with Gasteiger partial charge in [-0.3, -0.25) is 24.0 Å². The Hall–Kier alpha value is -9.48. The maximum atomic E-state index is 12.2. The first-order valence-corrected chi connectivity index (χ1v) is 41.9. The van der Waals surface area contributed by atoms with Crippen LogP contribution in [-0.2, 0) is 90.7 Å². The molecule has 0 bridgehead atoms. The van der Waals surface area contributed by atoms with E-state index in [1.54, 1.807) is 0 Å². The van der Waals surface area contributed by atoms with Crippen LogP contribution in [0, 0.1) is 83.2 Å². The third kappa shape index (κ3) is 60.7. The van der Waals surface area contributed by atoms with Gasteiger partial charge in [0.25, 0.3) is 0 Å². The average molecular weight is 1730 g/mol. The molecule has 0 aliphatic carbocycles. The Kier molecular flexibility index (Phi) is 55.3. The molecule has 0 aromatic heterocycles. The number of amides is 5. The minimum atomic E-state index is -0.855. The summed E-state index contributed by atoms with van der Waals surface area (Å²) < 4.78 is 37.9. The first kappa shape index (κ1) is 122. The first-order valence-electron chi connectivity index (χ1n) is 41.9. The van der Waals surface area contributed by atoms with Gasteiger partial charge in [0.2, 0.25) is 29.5 Å². The molecule has 0 spiro atoms. The molecular weight excluding hydrogens is 1560 g/mol. The lowest BCUT2D eigenvalue weighted by atomic mass is 9.67. The Morgan fingerprint density at radius 1 is 0.268 bits per heavy atom. The van der Waals surface area contributed by atoms with Crippen molar-refractivity contribution in [3.8, 4) is 0 Å². The van der Waals surface area contributed by atoms with E-state index in [9.17, 15) is 57.5 Å².